The Bertz CT molecular complexity index is 717. The van der Waals surface area contributed by atoms with Crippen molar-refractivity contribution in [2.45, 2.75) is 32.2 Å². The summed E-state index contributed by atoms with van der Waals surface area (Å²) >= 11 is 0. The van der Waals surface area contributed by atoms with Gasteiger partial charge in [-0.2, -0.15) is 0 Å². The number of halogens is 3. The standard InChI is InChI=1S/C19H20F3NO4/c1-13(2)18(25)26-15-9-11-23(12-10-15)17(24)8-5-14-3-6-16(7-4-14)27-19(20,21)22/h3-8,15H,1,9-12H2,2H3/b8-5+. The number of esters is 1. The summed E-state index contributed by atoms with van der Waals surface area (Å²) in [4.78, 5) is 25.3. The van der Waals surface area contributed by atoms with Gasteiger partial charge in [0.25, 0.3) is 0 Å². The number of hydrogen-bond acceptors (Lipinski definition) is 4. The summed E-state index contributed by atoms with van der Waals surface area (Å²) in [5.74, 6) is -0.967. The summed E-state index contributed by atoms with van der Waals surface area (Å²) in [6.45, 7) is 6.01. The number of carbonyl (C=O) groups is 2. The maximum atomic E-state index is 12.2. The third-order valence-electron chi connectivity index (χ3n) is 3.91. The first-order valence-corrected chi connectivity index (χ1v) is 8.33. The lowest BCUT2D eigenvalue weighted by molar-refractivity contribution is -0.274. The van der Waals surface area contributed by atoms with E-state index in [-0.39, 0.29) is 17.8 Å². The maximum absolute atomic E-state index is 12.2. The van der Waals surface area contributed by atoms with Crippen molar-refractivity contribution in [2.24, 2.45) is 0 Å². The number of nitrogens with zero attached hydrogens (tertiary/aromatic N) is 1. The normalized spacial score (nSPS) is 15.6. The van der Waals surface area contributed by atoms with Crippen molar-refractivity contribution in [1.29, 1.82) is 0 Å². The fraction of sp³-hybridized carbons (Fsp3) is 0.368. The van der Waals surface area contributed by atoms with Crippen LogP contribution in [0.15, 0.2) is 42.5 Å². The Balaban J connectivity index is 1.83. The molecule has 0 aliphatic carbocycles. The lowest BCUT2D eigenvalue weighted by Gasteiger charge is -2.31. The van der Waals surface area contributed by atoms with Gasteiger partial charge in [0.2, 0.25) is 5.91 Å². The third-order valence-corrected chi connectivity index (χ3v) is 3.91. The zero-order valence-electron chi connectivity index (χ0n) is 14.8. The quantitative estimate of drug-likeness (QED) is 0.575. The minimum atomic E-state index is -4.74. The Hall–Kier alpha value is -2.77. The van der Waals surface area contributed by atoms with Gasteiger partial charge in [0.15, 0.2) is 0 Å². The van der Waals surface area contributed by atoms with E-state index in [4.69, 9.17) is 4.74 Å². The van der Waals surface area contributed by atoms with E-state index in [1.54, 1.807) is 11.8 Å². The van der Waals surface area contributed by atoms with Crippen LogP contribution in [-0.2, 0) is 14.3 Å². The van der Waals surface area contributed by atoms with Crippen LogP contribution in [0.3, 0.4) is 0 Å². The lowest BCUT2D eigenvalue weighted by Crippen LogP contribution is -2.40. The van der Waals surface area contributed by atoms with Gasteiger partial charge < -0.3 is 14.4 Å². The average molecular weight is 383 g/mol. The predicted octanol–water partition coefficient (Wildman–Crippen LogP) is 3.71. The highest BCUT2D eigenvalue weighted by Gasteiger charge is 2.31. The van der Waals surface area contributed by atoms with Gasteiger partial charge in [0, 0.05) is 37.6 Å². The molecule has 5 nitrogen and oxygen atoms in total. The van der Waals surface area contributed by atoms with Crippen LogP contribution in [0, 0.1) is 0 Å². The van der Waals surface area contributed by atoms with E-state index in [0.29, 0.717) is 37.1 Å². The molecule has 0 aromatic heterocycles. The van der Waals surface area contributed by atoms with E-state index in [2.05, 4.69) is 11.3 Å². The SMILES string of the molecule is C=C(C)C(=O)OC1CCN(C(=O)/C=C/c2ccc(OC(F)(F)F)cc2)CC1. The highest BCUT2D eigenvalue weighted by atomic mass is 19.4. The van der Waals surface area contributed by atoms with Crippen LogP contribution in [0.25, 0.3) is 6.08 Å². The molecule has 146 valence electrons. The molecule has 0 N–H and O–H groups in total. The molecule has 1 fully saturated rings. The molecule has 0 bridgehead atoms. The Morgan fingerprint density at radius 3 is 2.30 bits per heavy atom. The van der Waals surface area contributed by atoms with E-state index in [1.165, 1.54) is 36.4 Å². The van der Waals surface area contributed by atoms with E-state index in [1.807, 2.05) is 0 Å². The summed E-state index contributed by atoms with van der Waals surface area (Å²) in [7, 11) is 0. The largest absolute Gasteiger partial charge is 0.573 e. The van der Waals surface area contributed by atoms with E-state index in [9.17, 15) is 22.8 Å². The molecular formula is C19H20F3NO4. The molecule has 1 aromatic carbocycles. The fourth-order valence-electron chi connectivity index (χ4n) is 2.50. The van der Waals surface area contributed by atoms with Gasteiger partial charge >= 0.3 is 12.3 Å². The fourth-order valence-corrected chi connectivity index (χ4v) is 2.50. The number of likely N-dealkylation sites (tertiary alicyclic amines) is 1. The van der Waals surface area contributed by atoms with Gasteiger partial charge in [-0.15, -0.1) is 13.2 Å². The Kier molecular flexibility index (Phi) is 6.65. The molecule has 1 heterocycles. The first-order chi connectivity index (χ1) is 12.6. The zero-order valence-corrected chi connectivity index (χ0v) is 14.8. The first kappa shape index (κ1) is 20.5. The molecule has 0 spiro atoms. The highest BCUT2D eigenvalue weighted by Crippen LogP contribution is 2.23. The number of amides is 1. The van der Waals surface area contributed by atoms with Crippen molar-refractivity contribution in [3.8, 4) is 5.75 Å². The number of benzene rings is 1. The zero-order chi connectivity index (χ0) is 20.0. The molecule has 27 heavy (non-hydrogen) atoms. The van der Waals surface area contributed by atoms with E-state index in [0.717, 1.165) is 0 Å². The number of alkyl halides is 3. The van der Waals surface area contributed by atoms with Gasteiger partial charge in [0.05, 0.1) is 0 Å². The van der Waals surface area contributed by atoms with Gasteiger partial charge in [-0.3, -0.25) is 4.79 Å². The van der Waals surface area contributed by atoms with Crippen LogP contribution in [0.5, 0.6) is 5.75 Å². The molecule has 8 heteroatoms. The number of piperidine rings is 1. The molecule has 1 aromatic rings. The van der Waals surface area contributed by atoms with Gasteiger partial charge in [-0.05, 0) is 30.7 Å². The van der Waals surface area contributed by atoms with Crippen molar-refractivity contribution < 1.29 is 32.2 Å². The minimum absolute atomic E-state index is 0.213. The molecule has 2 rings (SSSR count). The highest BCUT2D eigenvalue weighted by molar-refractivity contribution is 5.92. The van der Waals surface area contributed by atoms with Gasteiger partial charge in [-0.1, -0.05) is 18.7 Å². The van der Waals surface area contributed by atoms with Crippen molar-refractivity contribution in [3.63, 3.8) is 0 Å². The van der Waals surface area contributed by atoms with Crippen LogP contribution < -0.4 is 4.74 Å². The molecule has 1 aliphatic rings. The topological polar surface area (TPSA) is 55.8 Å². The average Bonchev–Trinajstić information content (AvgIpc) is 2.60. The minimum Gasteiger partial charge on any atom is -0.459 e. The second kappa shape index (κ2) is 8.75. The molecule has 1 saturated heterocycles. The molecule has 0 saturated carbocycles. The number of hydrogen-bond donors (Lipinski definition) is 0. The molecule has 1 amide bonds. The summed E-state index contributed by atoms with van der Waals surface area (Å²) in [5, 5.41) is 0. The van der Waals surface area contributed by atoms with Crippen molar-refractivity contribution in [2.75, 3.05) is 13.1 Å². The molecule has 0 radical (unpaired) electrons. The van der Waals surface area contributed by atoms with E-state index >= 15 is 0 Å². The molecule has 0 unspecified atom stereocenters. The maximum Gasteiger partial charge on any atom is 0.573 e. The van der Waals surface area contributed by atoms with Crippen LogP contribution >= 0.6 is 0 Å². The third kappa shape index (κ3) is 6.80. The predicted molar refractivity (Wildman–Crippen MR) is 92.7 cm³/mol. The summed E-state index contributed by atoms with van der Waals surface area (Å²) in [6.07, 6.45) is -1.00. The Morgan fingerprint density at radius 2 is 1.78 bits per heavy atom. The van der Waals surface area contributed by atoms with Crippen molar-refractivity contribution >= 4 is 18.0 Å². The van der Waals surface area contributed by atoms with Crippen LogP contribution in [-0.4, -0.2) is 42.3 Å². The van der Waals surface area contributed by atoms with Crippen LogP contribution in [0.1, 0.15) is 25.3 Å². The van der Waals surface area contributed by atoms with Gasteiger partial charge in [-0.25, -0.2) is 4.79 Å². The van der Waals surface area contributed by atoms with Crippen LogP contribution in [0.4, 0.5) is 13.2 Å². The first-order valence-electron chi connectivity index (χ1n) is 8.33. The lowest BCUT2D eigenvalue weighted by atomic mass is 10.1. The van der Waals surface area contributed by atoms with Crippen LogP contribution in [0.2, 0.25) is 0 Å². The molecular weight excluding hydrogens is 363 g/mol. The second-order valence-electron chi connectivity index (χ2n) is 6.16. The Morgan fingerprint density at radius 1 is 1.19 bits per heavy atom. The number of ether oxygens (including phenoxy) is 2. The molecule has 0 atom stereocenters. The number of rotatable bonds is 5. The summed E-state index contributed by atoms with van der Waals surface area (Å²) in [6, 6.07) is 5.21. The van der Waals surface area contributed by atoms with Gasteiger partial charge in [0.1, 0.15) is 11.9 Å². The Labute approximate surface area is 155 Å². The monoisotopic (exact) mass is 383 g/mol. The van der Waals surface area contributed by atoms with Crippen molar-refractivity contribution in [1.82, 2.24) is 4.90 Å². The summed E-state index contributed by atoms with van der Waals surface area (Å²) < 4.78 is 45.4. The van der Waals surface area contributed by atoms with Crippen molar-refractivity contribution in [3.05, 3.63) is 48.1 Å². The summed E-state index contributed by atoms with van der Waals surface area (Å²) in [5.41, 5.74) is 0.909. The molecule has 1 aliphatic heterocycles. The van der Waals surface area contributed by atoms with E-state index < -0.39 is 12.3 Å². The smallest absolute Gasteiger partial charge is 0.459 e. The number of carbonyl (C=O) groups excluding carboxylic acids is 2. The second-order valence-corrected chi connectivity index (χ2v) is 6.16.